The molecule has 0 bridgehead atoms. The molecule has 3 aromatic carbocycles. The normalized spacial score (nSPS) is 18.3. The highest BCUT2D eigenvalue weighted by Crippen LogP contribution is 2.34. The average Bonchev–Trinajstić information content (AvgIpc) is 2.83. The second kappa shape index (κ2) is 10.4. The Hall–Kier alpha value is -2.83. The largest absolute Gasteiger partial charge is 0.464 e. The summed E-state index contributed by atoms with van der Waals surface area (Å²) in [6, 6.07) is 15.0. The number of halogens is 3. The predicted octanol–water partition coefficient (Wildman–Crippen LogP) is 7.09. The van der Waals surface area contributed by atoms with E-state index in [9.17, 15) is 13.2 Å². The molecule has 0 aliphatic carbocycles. The number of rotatable bonds is 7. The van der Waals surface area contributed by atoms with Gasteiger partial charge in [0.2, 0.25) is 5.82 Å². The fraction of sp³-hybridized carbons (Fsp3) is 0.333. The topological polar surface area (TPSA) is 27.7 Å². The Labute approximate surface area is 192 Å². The Morgan fingerprint density at radius 1 is 0.879 bits per heavy atom. The minimum atomic E-state index is -1.06. The zero-order valence-corrected chi connectivity index (χ0v) is 18.7. The minimum absolute atomic E-state index is 0.0657. The second-order valence-corrected chi connectivity index (χ2v) is 8.23. The van der Waals surface area contributed by atoms with Crippen molar-refractivity contribution >= 4 is 0 Å². The van der Waals surface area contributed by atoms with Crippen LogP contribution in [0.4, 0.5) is 13.2 Å². The van der Waals surface area contributed by atoms with E-state index < -0.39 is 11.6 Å². The highest BCUT2D eigenvalue weighted by Gasteiger charge is 2.23. The molecular weight excluding hydrogens is 429 g/mol. The Morgan fingerprint density at radius 2 is 1.61 bits per heavy atom. The van der Waals surface area contributed by atoms with Crippen LogP contribution < -0.4 is 4.74 Å². The quantitative estimate of drug-likeness (QED) is 0.281. The summed E-state index contributed by atoms with van der Waals surface area (Å²) in [4.78, 5) is 0. The van der Waals surface area contributed by atoms with Crippen molar-refractivity contribution in [2.75, 3.05) is 20.0 Å². The maximum absolute atomic E-state index is 14.8. The van der Waals surface area contributed by atoms with Crippen molar-refractivity contribution in [3.8, 4) is 28.0 Å². The fourth-order valence-electron chi connectivity index (χ4n) is 4.06. The third kappa shape index (κ3) is 5.23. The molecule has 1 heterocycles. The van der Waals surface area contributed by atoms with Crippen molar-refractivity contribution in [1.82, 2.24) is 0 Å². The van der Waals surface area contributed by atoms with Crippen molar-refractivity contribution in [3.05, 3.63) is 77.6 Å². The molecule has 4 rings (SSSR count). The van der Waals surface area contributed by atoms with Gasteiger partial charge in [-0.25, -0.2) is 8.78 Å². The first kappa shape index (κ1) is 23.3. The zero-order valence-electron chi connectivity index (χ0n) is 18.7. The van der Waals surface area contributed by atoms with Gasteiger partial charge in [-0.2, -0.15) is 4.39 Å². The molecule has 2 atom stereocenters. The van der Waals surface area contributed by atoms with E-state index in [0.717, 1.165) is 24.0 Å². The summed E-state index contributed by atoms with van der Waals surface area (Å²) in [6.45, 7) is 4.61. The molecule has 3 nitrogen and oxygen atoms in total. The van der Waals surface area contributed by atoms with Crippen LogP contribution in [0.1, 0.15) is 38.2 Å². The van der Waals surface area contributed by atoms with Crippen LogP contribution in [0.15, 0.2) is 54.6 Å². The minimum Gasteiger partial charge on any atom is -0.464 e. The highest BCUT2D eigenvalue weighted by atomic mass is 19.2. The molecule has 0 N–H and O–H groups in total. The summed E-state index contributed by atoms with van der Waals surface area (Å²) in [6.07, 6.45) is 2.05. The van der Waals surface area contributed by atoms with Crippen molar-refractivity contribution in [3.63, 3.8) is 0 Å². The summed E-state index contributed by atoms with van der Waals surface area (Å²) >= 11 is 0. The van der Waals surface area contributed by atoms with Gasteiger partial charge in [0, 0.05) is 18.1 Å². The summed E-state index contributed by atoms with van der Waals surface area (Å²) in [7, 11) is 0. The van der Waals surface area contributed by atoms with Gasteiger partial charge >= 0.3 is 0 Å². The molecule has 0 spiro atoms. The Kier molecular flexibility index (Phi) is 7.36. The Morgan fingerprint density at radius 3 is 2.27 bits per heavy atom. The lowest BCUT2D eigenvalue weighted by molar-refractivity contribution is 0.0148. The molecular formula is C27H27F3O3. The maximum Gasteiger partial charge on any atom is 0.201 e. The smallest absolute Gasteiger partial charge is 0.201 e. The molecule has 1 aliphatic heterocycles. The molecule has 0 radical (unpaired) electrons. The van der Waals surface area contributed by atoms with Crippen LogP contribution >= 0.6 is 0 Å². The predicted molar refractivity (Wildman–Crippen MR) is 122 cm³/mol. The molecule has 0 amide bonds. The summed E-state index contributed by atoms with van der Waals surface area (Å²) < 4.78 is 59.6. The van der Waals surface area contributed by atoms with E-state index in [1.807, 2.05) is 19.1 Å². The van der Waals surface area contributed by atoms with E-state index in [1.54, 1.807) is 31.2 Å². The van der Waals surface area contributed by atoms with E-state index >= 15 is 0 Å². The molecule has 1 fully saturated rings. The first-order valence-corrected chi connectivity index (χ1v) is 11.2. The molecule has 1 saturated heterocycles. The van der Waals surface area contributed by atoms with Crippen molar-refractivity contribution in [2.45, 2.75) is 38.7 Å². The van der Waals surface area contributed by atoms with Gasteiger partial charge in [-0.15, -0.1) is 0 Å². The summed E-state index contributed by atoms with van der Waals surface area (Å²) in [5.41, 5.74) is 2.81. The Bertz CT molecular complexity index is 1090. The van der Waals surface area contributed by atoms with Gasteiger partial charge in [-0.05, 0) is 67.1 Å². The van der Waals surface area contributed by atoms with E-state index in [2.05, 4.69) is 0 Å². The number of ether oxygens (including phenoxy) is 3. The van der Waals surface area contributed by atoms with Crippen molar-refractivity contribution in [2.24, 2.45) is 0 Å². The maximum atomic E-state index is 14.8. The van der Waals surface area contributed by atoms with E-state index in [-0.39, 0.29) is 35.9 Å². The monoisotopic (exact) mass is 456 g/mol. The first-order valence-electron chi connectivity index (χ1n) is 11.2. The van der Waals surface area contributed by atoms with Crippen molar-refractivity contribution < 1.29 is 27.4 Å². The molecule has 174 valence electrons. The fourth-order valence-corrected chi connectivity index (χ4v) is 4.06. The molecule has 0 aromatic heterocycles. The molecule has 0 saturated carbocycles. The van der Waals surface area contributed by atoms with Gasteiger partial charge in [0.1, 0.15) is 5.82 Å². The summed E-state index contributed by atoms with van der Waals surface area (Å²) in [5.74, 6) is -2.44. The lowest BCUT2D eigenvalue weighted by Gasteiger charge is -2.27. The number of hydrogen-bond acceptors (Lipinski definition) is 3. The molecule has 33 heavy (non-hydrogen) atoms. The highest BCUT2D eigenvalue weighted by molar-refractivity contribution is 5.71. The van der Waals surface area contributed by atoms with E-state index in [0.29, 0.717) is 24.3 Å². The summed E-state index contributed by atoms with van der Waals surface area (Å²) in [5, 5.41) is 0. The Balaban J connectivity index is 1.52. The van der Waals surface area contributed by atoms with Gasteiger partial charge in [-0.3, -0.25) is 0 Å². The number of hydrogen-bond donors (Lipinski definition) is 0. The van der Waals surface area contributed by atoms with Gasteiger partial charge in [0.25, 0.3) is 0 Å². The van der Waals surface area contributed by atoms with Gasteiger partial charge in [-0.1, -0.05) is 36.4 Å². The van der Waals surface area contributed by atoms with Gasteiger partial charge in [0.05, 0.1) is 12.7 Å². The van der Waals surface area contributed by atoms with Crippen LogP contribution in [0.5, 0.6) is 5.75 Å². The van der Waals surface area contributed by atoms with Crippen LogP contribution in [-0.4, -0.2) is 26.1 Å². The zero-order chi connectivity index (χ0) is 23.4. The average molecular weight is 457 g/mol. The van der Waals surface area contributed by atoms with Crippen molar-refractivity contribution in [1.29, 1.82) is 0 Å². The van der Waals surface area contributed by atoms with E-state index in [4.69, 9.17) is 14.2 Å². The SMILES string of the molecule is CCOCOc1ccc(-c2ccc(-c3ccc(C4CCC(C)OC4)c(F)c3)cc2)c(F)c1F. The molecule has 2 unspecified atom stereocenters. The third-order valence-electron chi connectivity index (χ3n) is 6.02. The molecule has 6 heteroatoms. The van der Waals surface area contributed by atoms with Crippen LogP contribution in [-0.2, 0) is 9.47 Å². The molecule has 1 aliphatic rings. The lowest BCUT2D eigenvalue weighted by atomic mass is 9.90. The van der Waals surface area contributed by atoms with Gasteiger partial charge < -0.3 is 14.2 Å². The number of benzene rings is 3. The molecule has 3 aromatic rings. The first-order chi connectivity index (χ1) is 16.0. The second-order valence-electron chi connectivity index (χ2n) is 8.23. The lowest BCUT2D eigenvalue weighted by Crippen LogP contribution is -2.22. The van der Waals surface area contributed by atoms with E-state index in [1.165, 1.54) is 18.2 Å². The van der Waals surface area contributed by atoms with Crippen LogP contribution in [0.25, 0.3) is 22.3 Å². The van der Waals surface area contributed by atoms with Crippen LogP contribution in [0, 0.1) is 17.5 Å². The third-order valence-corrected chi connectivity index (χ3v) is 6.02. The standard InChI is InChI=1S/C27H27F3O3/c1-3-31-16-33-25-13-12-23(26(29)27(25)30)19-8-6-18(7-9-19)20-10-11-22(24(28)14-20)21-5-4-17(2)32-15-21/h6-14,17,21H,3-5,15-16H2,1-2H3. The van der Waals surface area contributed by atoms with Crippen LogP contribution in [0.3, 0.4) is 0 Å². The van der Waals surface area contributed by atoms with Crippen LogP contribution in [0.2, 0.25) is 0 Å². The van der Waals surface area contributed by atoms with Gasteiger partial charge in [0.15, 0.2) is 18.4 Å².